The molecule has 0 radical (unpaired) electrons. The minimum Gasteiger partial charge on any atom is -0.361 e. The van der Waals surface area contributed by atoms with E-state index in [2.05, 4.69) is 15.4 Å². The van der Waals surface area contributed by atoms with Crippen molar-refractivity contribution in [1.82, 2.24) is 20.3 Å². The summed E-state index contributed by atoms with van der Waals surface area (Å²) in [5.74, 6) is 1.33. The molecule has 6 heteroatoms. The fraction of sp³-hybridized carbons (Fsp3) is 0.588. The molecule has 0 saturated carbocycles. The van der Waals surface area contributed by atoms with Crippen molar-refractivity contribution in [3.63, 3.8) is 0 Å². The third kappa shape index (κ3) is 3.30. The zero-order valence-corrected chi connectivity index (χ0v) is 14.0. The van der Waals surface area contributed by atoms with Crippen LogP contribution in [-0.4, -0.2) is 39.3 Å². The number of carbonyl (C=O) groups excluding carboxylic acids is 1. The summed E-state index contributed by atoms with van der Waals surface area (Å²) >= 11 is 0. The van der Waals surface area contributed by atoms with Crippen molar-refractivity contribution in [1.29, 1.82) is 0 Å². The quantitative estimate of drug-likeness (QED) is 0.941. The van der Waals surface area contributed by atoms with E-state index in [4.69, 9.17) is 4.52 Å². The lowest BCUT2D eigenvalue weighted by Gasteiger charge is -2.34. The number of amides is 1. The van der Waals surface area contributed by atoms with Crippen LogP contribution in [0.25, 0.3) is 0 Å². The second-order valence-electron chi connectivity index (χ2n) is 6.54. The van der Waals surface area contributed by atoms with Gasteiger partial charge in [0.1, 0.15) is 5.76 Å². The van der Waals surface area contributed by atoms with Crippen LogP contribution in [0.4, 0.5) is 0 Å². The number of rotatable bonds is 4. The molecule has 0 spiro atoms. The van der Waals surface area contributed by atoms with Crippen LogP contribution in [0.1, 0.15) is 48.4 Å². The number of nitrogens with zero attached hydrogens (tertiary/aromatic N) is 3. The number of aromatic amines is 1. The Morgan fingerprint density at radius 3 is 3.00 bits per heavy atom. The van der Waals surface area contributed by atoms with E-state index < -0.39 is 0 Å². The molecule has 1 aliphatic rings. The molecule has 0 aromatic carbocycles. The number of hydrogen-bond donors (Lipinski definition) is 1. The van der Waals surface area contributed by atoms with Gasteiger partial charge in [0, 0.05) is 42.4 Å². The van der Waals surface area contributed by atoms with E-state index in [0.717, 1.165) is 48.6 Å². The molecular weight excluding hydrogens is 292 g/mol. The first kappa shape index (κ1) is 15.8. The van der Waals surface area contributed by atoms with E-state index in [1.54, 1.807) is 6.20 Å². The Kier molecular flexibility index (Phi) is 4.50. The van der Waals surface area contributed by atoms with Gasteiger partial charge in [0.25, 0.3) is 0 Å². The first-order chi connectivity index (χ1) is 11.1. The minimum absolute atomic E-state index is 0.0627. The van der Waals surface area contributed by atoms with Crippen molar-refractivity contribution in [2.24, 2.45) is 5.92 Å². The Labute approximate surface area is 136 Å². The van der Waals surface area contributed by atoms with Gasteiger partial charge in [-0.05, 0) is 39.2 Å². The van der Waals surface area contributed by atoms with Crippen LogP contribution in [0, 0.1) is 19.8 Å². The molecule has 1 amide bonds. The van der Waals surface area contributed by atoms with E-state index >= 15 is 0 Å². The molecular formula is C17H24N4O2. The Balaban J connectivity index is 1.65. The summed E-state index contributed by atoms with van der Waals surface area (Å²) in [7, 11) is 0. The molecule has 0 unspecified atom stereocenters. The minimum atomic E-state index is -0.0627. The number of nitrogens with one attached hydrogen (secondary N) is 1. The lowest BCUT2D eigenvalue weighted by Crippen LogP contribution is -2.42. The second kappa shape index (κ2) is 6.56. The number of likely N-dealkylation sites (tertiary alicyclic amines) is 1. The van der Waals surface area contributed by atoms with Gasteiger partial charge in [0.2, 0.25) is 5.91 Å². The molecule has 2 aromatic rings. The van der Waals surface area contributed by atoms with E-state index in [9.17, 15) is 4.79 Å². The Hall–Kier alpha value is -2.11. The fourth-order valence-electron chi connectivity index (χ4n) is 3.42. The third-order valence-corrected chi connectivity index (χ3v) is 4.81. The SMILES string of the molecule is Cc1noc(C)c1C[C@@H](C)C(=O)N1CCC[C@@H](c2ccn[nH]2)C1. The molecule has 0 bridgehead atoms. The molecule has 23 heavy (non-hydrogen) atoms. The van der Waals surface area contributed by atoms with Crippen molar-refractivity contribution >= 4 is 5.91 Å². The fourth-order valence-corrected chi connectivity index (χ4v) is 3.42. The maximum absolute atomic E-state index is 12.8. The molecule has 3 rings (SSSR count). The normalized spacial score (nSPS) is 19.8. The molecule has 2 atom stereocenters. The standard InChI is InChI=1S/C17H24N4O2/c1-11(9-15-12(2)20-23-13(15)3)17(22)21-8-4-5-14(10-21)16-6-7-18-19-16/h6-7,11,14H,4-5,8-10H2,1-3H3,(H,18,19)/t11-,14-/m1/s1. The van der Waals surface area contributed by atoms with Crippen molar-refractivity contribution in [3.05, 3.63) is 35.0 Å². The Morgan fingerprint density at radius 1 is 1.52 bits per heavy atom. The predicted octanol–water partition coefficient (Wildman–Crippen LogP) is 2.60. The molecule has 124 valence electrons. The van der Waals surface area contributed by atoms with Gasteiger partial charge >= 0.3 is 0 Å². The molecule has 6 nitrogen and oxygen atoms in total. The van der Waals surface area contributed by atoms with Gasteiger partial charge in [0.15, 0.2) is 0 Å². The number of aryl methyl sites for hydroxylation is 2. The maximum atomic E-state index is 12.8. The molecule has 1 saturated heterocycles. The highest BCUT2D eigenvalue weighted by Crippen LogP contribution is 2.27. The van der Waals surface area contributed by atoms with Crippen LogP contribution >= 0.6 is 0 Å². The van der Waals surface area contributed by atoms with Gasteiger partial charge < -0.3 is 9.42 Å². The van der Waals surface area contributed by atoms with Gasteiger partial charge in [0.05, 0.1) is 5.69 Å². The van der Waals surface area contributed by atoms with Crippen molar-refractivity contribution in [2.75, 3.05) is 13.1 Å². The predicted molar refractivity (Wildman–Crippen MR) is 86.0 cm³/mol. The average molecular weight is 316 g/mol. The van der Waals surface area contributed by atoms with E-state index in [1.165, 1.54) is 0 Å². The first-order valence-corrected chi connectivity index (χ1v) is 8.26. The number of H-pyrrole nitrogens is 1. The van der Waals surface area contributed by atoms with Crippen LogP contribution in [0.5, 0.6) is 0 Å². The van der Waals surface area contributed by atoms with Gasteiger partial charge in [-0.1, -0.05) is 12.1 Å². The van der Waals surface area contributed by atoms with Gasteiger partial charge in [-0.25, -0.2) is 0 Å². The number of hydrogen-bond acceptors (Lipinski definition) is 4. The highest BCUT2D eigenvalue weighted by Gasteiger charge is 2.29. The maximum Gasteiger partial charge on any atom is 0.225 e. The zero-order chi connectivity index (χ0) is 16.4. The molecule has 3 heterocycles. The summed E-state index contributed by atoms with van der Waals surface area (Å²) in [6.45, 7) is 7.44. The highest BCUT2D eigenvalue weighted by molar-refractivity contribution is 5.79. The first-order valence-electron chi connectivity index (χ1n) is 8.26. The second-order valence-corrected chi connectivity index (χ2v) is 6.54. The average Bonchev–Trinajstić information content (AvgIpc) is 3.20. The summed E-state index contributed by atoms with van der Waals surface area (Å²) in [5.41, 5.74) is 3.07. The van der Waals surface area contributed by atoms with Crippen LogP contribution in [0.15, 0.2) is 16.8 Å². The van der Waals surface area contributed by atoms with Crippen LogP contribution < -0.4 is 0 Å². The third-order valence-electron chi connectivity index (χ3n) is 4.81. The van der Waals surface area contributed by atoms with Gasteiger partial charge in [-0.2, -0.15) is 5.10 Å². The van der Waals surface area contributed by atoms with Crippen molar-refractivity contribution in [2.45, 2.75) is 46.0 Å². The molecule has 0 aliphatic carbocycles. The monoisotopic (exact) mass is 316 g/mol. The molecule has 1 fully saturated rings. The van der Waals surface area contributed by atoms with E-state index in [-0.39, 0.29) is 11.8 Å². The van der Waals surface area contributed by atoms with Gasteiger partial charge in [-0.3, -0.25) is 9.89 Å². The number of carbonyl (C=O) groups is 1. The Morgan fingerprint density at radius 2 is 2.35 bits per heavy atom. The summed E-state index contributed by atoms with van der Waals surface area (Å²) in [4.78, 5) is 14.8. The number of piperidine rings is 1. The Bertz CT molecular complexity index is 643. The van der Waals surface area contributed by atoms with E-state index in [0.29, 0.717) is 12.3 Å². The molecule has 1 aliphatic heterocycles. The summed E-state index contributed by atoms with van der Waals surface area (Å²) in [6.07, 6.45) is 4.60. The van der Waals surface area contributed by atoms with E-state index in [1.807, 2.05) is 31.7 Å². The zero-order valence-electron chi connectivity index (χ0n) is 14.0. The van der Waals surface area contributed by atoms with Crippen LogP contribution in [0.3, 0.4) is 0 Å². The largest absolute Gasteiger partial charge is 0.361 e. The topological polar surface area (TPSA) is 75.0 Å². The molecule has 1 N–H and O–H groups in total. The number of aromatic nitrogens is 3. The lowest BCUT2D eigenvalue weighted by atomic mass is 9.92. The van der Waals surface area contributed by atoms with Crippen LogP contribution in [-0.2, 0) is 11.2 Å². The van der Waals surface area contributed by atoms with Crippen LogP contribution in [0.2, 0.25) is 0 Å². The molecule has 2 aromatic heterocycles. The smallest absolute Gasteiger partial charge is 0.225 e. The van der Waals surface area contributed by atoms with Gasteiger partial charge in [-0.15, -0.1) is 0 Å². The van der Waals surface area contributed by atoms with Crippen molar-refractivity contribution in [3.8, 4) is 0 Å². The van der Waals surface area contributed by atoms with Crippen molar-refractivity contribution < 1.29 is 9.32 Å². The lowest BCUT2D eigenvalue weighted by molar-refractivity contribution is -0.136. The summed E-state index contributed by atoms with van der Waals surface area (Å²) in [5, 5.41) is 11.0. The highest BCUT2D eigenvalue weighted by atomic mass is 16.5. The summed E-state index contributed by atoms with van der Waals surface area (Å²) in [6, 6.07) is 2.01. The summed E-state index contributed by atoms with van der Waals surface area (Å²) < 4.78 is 5.20.